The summed E-state index contributed by atoms with van der Waals surface area (Å²) in [5, 5.41) is 7.89. The number of nitrogens with zero attached hydrogens (tertiary/aromatic N) is 4. The van der Waals surface area contributed by atoms with E-state index in [1.807, 2.05) is 19.9 Å². The van der Waals surface area contributed by atoms with Crippen molar-refractivity contribution < 1.29 is 13.8 Å². The molecule has 0 spiro atoms. The van der Waals surface area contributed by atoms with E-state index in [0.717, 1.165) is 43.9 Å². The lowest BCUT2D eigenvalue weighted by molar-refractivity contribution is 0.0341. The maximum Gasteiger partial charge on any atom is 0.229 e. The summed E-state index contributed by atoms with van der Waals surface area (Å²) in [5.41, 5.74) is 0.996. The normalized spacial score (nSPS) is 28.4. The van der Waals surface area contributed by atoms with Crippen LogP contribution in [0.15, 0.2) is 15.1 Å². The average Bonchev–Trinajstić information content (AvgIpc) is 3.18. The highest BCUT2D eigenvalue weighted by Gasteiger charge is 2.42. The van der Waals surface area contributed by atoms with Gasteiger partial charge in [0.25, 0.3) is 0 Å². The number of ether oxygens (including phenoxy) is 1. The fourth-order valence-electron chi connectivity index (χ4n) is 3.55. The predicted molar refractivity (Wildman–Crippen MR) is 76.0 cm³/mol. The summed E-state index contributed by atoms with van der Waals surface area (Å²) in [4.78, 5) is 6.64. The topological polar surface area (TPSA) is 77.4 Å². The summed E-state index contributed by atoms with van der Waals surface area (Å²) in [6.45, 7) is 6.59. The van der Waals surface area contributed by atoms with Gasteiger partial charge in [-0.3, -0.25) is 4.90 Å². The lowest BCUT2D eigenvalue weighted by Gasteiger charge is -2.17. The molecular weight excluding hydrogens is 284 g/mol. The number of rotatable bonds is 4. The molecule has 0 unspecified atom stereocenters. The van der Waals surface area contributed by atoms with E-state index in [0.29, 0.717) is 23.7 Å². The van der Waals surface area contributed by atoms with Crippen LogP contribution in [-0.4, -0.2) is 45.5 Å². The van der Waals surface area contributed by atoms with Crippen LogP contribution in [0.2, 0.25) is 0 Å². The largest absolute Gasteiger partial charge is 0.373 e. The van der Waals surface area contributed by atoms with Gasteiger partial charge in [-0.15, -0.1) is 0 Å². The van der Waals surface area contributed by atoms with E-state index in [9.17, 15) is 0 Å². The average molecular weight is 304 g/mol. The van der Waals surface area contributed by atoms with Gasteiger partial charge in [-0.25, -0.2) is 0 Å². The van der Waals surface area contributed by atoms with Crippen LogP contribution in [0.25, 0.3) is 0 Å². The number of likely N-dealkylation sites (tertiary alicyclic amines) is 1. The van der Waals surface area contributed by atoms with Gasteiger partial charge in [0.1, 0.15) is 5.76 Å². The number of aromatic nitrogens is 3. The Kier molecular flexibility index (Phi) is 3.46. The minimum atomic E-state index is 0.200. The Morgan fingerprint density at radius 2 is 2.14 bits per heavy atom. The van der Waals surface area contributed by atoms with Crippen LogP contribution in [0.1, 0.15) is 29.6 Å². The second-order valence-corrected chi connectivity index (χ2v) is 6.35. The molecule has 2 aliphatic heterocycles. The van der Waals surface area contributed by atoms with Gasteiger partial charge in [0, 0.05) is 31.6 Å². The first kappa shape index (κ1) is 13.9. The molecular formula is C15H20N4O3. The fraction of sp³-hybridized carbons (Fsp3) is 0.667. The van der Waals surface area contributed by atoms with Crippen molar-refractivity contribution >= 4 is 0 Å². The van der Waals surface area contributed by atoms with Crippen LogP contribution in [0.4, 0.5) is 0 Å². The molecule has 2 aromatic heterocycles. The number of hydrogen-bond donors (Lipinski definition) is 0. The molecule has 0 aliphatic carbocycles. The van der Waals surface area contributed by atoms with Gasteiger partial charge in [0.05, 0.1) is 24.3 Å². The van der Waals surface area contributed by atoms with Crippen molar-refractivity contribution in [3.05, 3.63) is 29.2 Å². The van der Waals surface area contributed by atoms with Gasteiger partial charge < -0.3 is 13.8 Å². The Bertz CT molecular complexity index is 585. The lowest BCUT2D eigenvalue weighted by Crippen LogP contribution is -2.25. The molecule has 2 aromatic rings. The van der Waals surface area contributed by atoms with Crippen LogP contribution in [0.3, 0.4) is 0 Å². The number of fused-ring (bicyclic) bond motifs is 1. The summed E-state index contributed by atoms with van der Waals surface area (Å²) in [6.07, 6.45) is 2.28. The third-order valence-corrected chi connectivity index (χ3v) is 4.42. The van der Waals surface area contributed by atoms with Crippen LogP contribution >= 0.6 is 0 Å². The van der Waals surface area contributed by atoms with E-state index in [-0.39, 0.29) is 6.10 Å². The van der Waals surface area contributed by atoms with E-state index in [2.05, 4.69) is 20.2 Å². The van der Waals surface area contributed by atoms with Crippen molar-refractivity contribution in [3.63, 3.8) is 0 Å². The number of aryl methyl sites for hydroxylation is 2. The van der Waals surface area contributed by atoms with E-state index in [4.69, 9.17) is 13.8 Å². The molecule has 2 aliphatic rings. The van der Waals surface area contributed by atoms with Crippen molar-refractivity contribution in [2.75, 3.05) is 13.1 Å². The van der Waals surface area contributed by atoms with Crippen molar-refractivity contribution in [2.45, 2.75) is 45.4 Å². The van der Waals surface area contributed by atoms with E-state index >= 15 is 0 Å². The molecule has 7 nitrogen and oxygen atoms in total. The zero-order chi connectivity index (χ0) is 15.1. The zero-order valence-electron chi connectivity index (χ0n) is 12.9. The predicted octanol–water partition coefficient (Wildman–Crippen LogP) is 1.51. The highest BCUT2D eigenvalue weighted by molar-refractivity contribution is 5.05. The molecule has 4 rings (SSSR count). The molecule has 22 heavy (non-hydrogen) atoms. The molecule has 0 N–H and O–H groups in total. The molecule has 0 radical (unpaired) electrons. The minimum absolute atomic E-state index is 0.200. The summed E-state index contributed by atoms with van der Waals surface area (Å²) < 4.78 is 16.5. The second-order valence-electron chi connectivity index (χ2n) is 6.35. The Morgan fingerprint density at radius 3 is 2.82 bits per heavy atom. The molecule has 118 valence electrons. The van der Waals surface area contributed by atoms with Crippen molar-refractivity contribution in [1.29, 1.82) is 0 Å². The molecule has 2 saturated heterocycles. The Hall–Kier alpha value is -1.73. The lowest BCUT2D eigenvalue weighted by atomic mass is 10.0. The number of hydrogen-bond acceptors (Lipinski definition) is 7. The Balaban J connectivity index is 1.30. The third-order valence-electron chi connectivity index (χ3n) is 4.42. The van der Waals surface area contributed by atoms with Crippen LogP contribution < -0.4 is 0 Å². The van der Waals surface area contributed by atoms with Crippen LogP contribution in [-0.2, 0) is 17.7 Å². The van der Waals surface area contributed by atoms with E-state index in [1.165, 1.54) is 0 Å². The fourth-order valence-corrected chi connectivity index (χ4v) is 3.55. The molecule has 0 aromatic carbocycles. The molecule has 7 heteroatoms. The first-order chi connectivity index (χ1) is 10.7. The van der Waals surface area contributed by atoms with Gasteiger partial charge in [0.15, 0.2) is 5.82 Å². The summed E-state index contributed by atoms with van der Waals surface area (Å²) in [5.74, 6) is 2.81. The standard InChI is InChI=1S/C15H20N4O3/c1-9-3-12(18-21-9)7-19-6-11-4-13(20-14(11)8-19)5-15-16-10(2)17-22-15/h3,11,13-14H,4-8H2,1-2H3/t11-,13+,14+/m0/s1. The molecule has 2 fully saturated rings. The van der Waals surface area contributed by atoms with Crippen molar-refractivity contribution in [3.8, 4) is 0 Å². The van der Waals surface area contributed by atoms with Gasteiger partial charge in [-0.05, 0) is 20.3 Å². The van der Waals surface area contributed by atoms with Gasteiger partial charge in [0.2, 0.25) is 5.89 Å². The van der Waals surface area contributed by atoms with E-state index in [1.54, 1.807) is 0 Å². The Labute approximate surface area is 128 Å². The monoisotopic (exact) mass is 304 g/mol. The minimum Gasteiger partial charge on any atom is -0.373 e. The first-order valence-corrected chi connectivity index (χ1v) is 7.75. The highest BCUT2D eigenvalue weighted by Crippen LogP contribution is 2.34. The third kappa shape index (κ3) is 2.78. The quantitative estimate of drug-likeness (QED) is 0.847. The summed E-state index contributed by atoms with van der Waals surface area (Å²) in [6, 6.07) is 2.00. The van der Waals surface area contributed by atoms with Crippen LogP contribution in [0, 0.1) is 19.8 Å². The van der Waals surface area contributed by atoms with E-state index < -0.39 is 0 Å². The summed E-state index contributed by atoms with van der Waals surface area (Å²) >= 11 is 0. The maximum atomic E-state index is 6.16. The zero-order valence-corrected chi connectivity index (χ0v) is 12.9. The van der Waals surface area contributed by atoms with Crippen LogP contribution in [0.5, 0.6) is 0 Å². The highest BCUT2D eigenvalue weighted by atomic mass is 16.5. The first-order valence-electron chi connectivity index (χ1n) is 7.75. The molecule has 0 bridgehead atoms. The molecule has 0 amide bonds. The Morgan fingerprint density at radius 1 is 1.23 bits per heavy atom. The molecule has 4 heterocycles. The van der Waals surface area contributed by atoms with Gasteiger partial charge in [-0.2, -0.15) is 4.98 Å². The SMILES string of the molecule is Cc1noc(C[C@H]2C[C@H]3CN(Cc4cc(C)on4)C[C@H]3O2)n1. The van der Waals surface area contributed by atoms with Gasteiger partial charge in [-0.1, -0.05) is 10.3 Å². The smallest absolute Gasteiger partial charge is 0.229 e. The van der Waals surface area contributed by atoms with Crippen molar-refractivity contribution in [1.82, 2.24) is 20.2 Å². The second kappa shape index (κ2) is 5.48. The summed E-state index contributed by atoms with van der Waals surface area (Å²) in [7, 11) is 0. The van der Waals surface area contributed by atoms with Crippen molar-refractivity contribution in [2.24, 2.45) is 5.92 Å². The van der Waals surface area contributed by atoms with Gasteiger partial charge >= 0.3 is 0 Å². The molecule has 3 atom stereocenters. The molecule has 0 saturated carbocycles. The maximum absolute atomic E-state index is 6.16.